The first-order valence-corrected chi connectivity index (χ1v) is 6.76. The highest BCUT2D eigenvalue weighted by atomic mass is 16.1. The molecule has 1 saturated carbocycles. The minimum Gasteiger partial charge on any atom is -0.356 e. The van der Waals surface area contributed by atoms with Gasteiger partial charge in [-0.1, -0.05) is 26.2 Å². The van der Waals surface area contributed by atoms with E-state index >= 15 is 0 Å². The van der Waals surface area contributed by atoms with Crippen molar-refractivity contribution in [3.8, 4) is 0 Å². The Hall–Kier alpha value is -0.570. The molecular formula is C13H24N2O. The Bertz CT molecular complexity index is 236. The first-order valence-electron chi connectivity index (χ1n) is 6.76. The molecular weight excluding hydrogens is 200 g/mol. The number of carbonyl (C=O) groups excluding carboxylic acids is 1. The zero-order valence-electron chi connectivity index (χ0n) is 10.3. The fraction of sp³-hybridized carbons (Fsp3) is 0.923. The minimum atomic E-state index is 0.198. The minimum absolute atomic E-state index is 0.198. The van der Waals surface area contributed by atoms with E-state index in [0.717, 1.165) is 25.6 Å². The van der Waals surface area contributed by atoms with Crippen LogP contribution in [0, 0.1) is 17.8 Å². The third-order valence-electron chi connectivity index (χ3n) is 4.14. The summed E-state index contributed by atoms with van der Waals surface area (Å²) in [6.07, 6.45) is 6.69. The standard InChI is InChI=1S/C13H24N2O/c1-10-7-14-9-12(10)13(16)15-8-11-5-3-2-4-6-11/h10-12,14H,2-9H2,1H3,(H,15,16). The van der Waals surface area contributed by atoms with Crippen molar-refractivity contribution >= 4 is 5.91 Å². The maximum Gasteiger partial charge on any atom is 0.224 e. The topological polar surface area (TPSA) is 41.1 Å². The summed E-state index contributed by atoms with van der Waals surface area (Å²) in [4.78, 5) is 11.9. The third-order valence-corrected chi connectivity index (χ3v) is 4.14. The molecule has 2 fully saturated rings. The van der Waals surface area contributed by atoms with Gasteiger partial charge in [0.05, 0.1) is 5.92 Å². The predicted molar refractivity (Wildman–Crippen MR) is 65.1 cm³/mol. The van der Waals surface area contributed by atoms with Crippen molar-refractivity contribution in [2.45, 2.75) is 39.0 Å². The number of amides is 1. The van der Waals surface area contributed by atoms with Crippen LogP contribution in [0.25, 0.3) is 0 Å². The fourth-order valence-corrected chi connectivity index (χ4v) is 2.93. The molecule has 0 aromatic heterocycles. The number of rotatable bonds is 3. The van der Waals surface area contributed by atoms with Gasteiger partial charge in [0.1, 0.15) is 0 Å². The van der Waals surface area contributed by atoms with Crippen molar-refractivity contribution in [1.82, 2.24) is 10.6 Å². The second-order valence-electron chi connectivity index (χ2n) is 5.49. The van der Waals surface area contributed by atoms with E-state index in [2.05, 4.69) is 17.6 Å². The maximum atomic E-state index is 11.9. The van der Waals surface area contributed by atoms with Gasteiger partial charge in [0.25, 0.3) is 0 Å². The quantitative estimate of drug-likeness (QED) is 0.763. The second kappa shape index (κ2) is 5.67. The maximum absolute atomic E-state index is 11.9. The highest BCUT2D eigenvalue weighted by molar-refractivity contribution is 5.79. The number of hydrogen-bond donors (Lipinski definition) is 2. The van der Waals surface area contributed by atoms with Crippen LogP contribution in [0.2, 0.25) is 0 Å². The van der Waals surface area contributed by atoms with Gasteiger partial charge in [0.2, 0.25) is 5.91 Å². The second-order valence-corrected chi connectivity index (χ2v) is 5.49. The van der Waals surface area contributed by atoms with Crippen LogP contribution in [0.3, 0.4) is 0 Å². The molecule has 92 valence electrons. The lowest BCUT2D eigenvalue weighted by molar-refractivity contribution is -0.125. The van der Waals surface area contributed by atoms with Gasteiger partial charge in [-0.2, -0.15) is 0 Å². The summed E-state index contributed by atoms with van der Waals surface area (Å²) in [7, 11) is 0. The first-order chi connectivity index (χ1) is 7.77. The van der Waals surface area contributed by atoms with Gasteiger partial charge in [-0.05, 0) is 31.2 Å². The number of carbonyl (C=O) groups is 1. The average molecular weight is 224 g/mol. The molecule has 0 bridgehead atoms. The summed E-state index contributed by atoms with van der Waals surface area (Å²) in [6, 6.07) is 0. The van der Waals surface area contributed by atoms with E-state index in [1.54, 1.807) is 0 Å². The van der Waals surface area contributed by atoms with Crippen LogP contribution in [-0.4, -0.2) is 25.5 Å². The summed E-state index contributed by atoms with van der Waals surface area (Å²) in [5, 5.41) is 6.43. The van der Waals surface area contributed by atoms with Gasteiger partial charge < -0.3 is 10.6 Å². The molecule has 0 aromatic carbocycles. The molecule has 2 atom stereocenters. The first kappa shape index (κ1) is 11.9. The number of hydrogen-bond acceptors (Lipinski definition) is 2. The Morgan fingerprint density at radius 2 is 2.00 bits per heavy atom. The van der Waals surface area contributed by atoms with Gasteiger partial charge in [0, 0.05) is 13.1 Å². The Kier molecular flexibility index (Phi) is 4.22. The monoisotopic (exact) mass is 224 g/mol. The van der Waals surface area contributed by atoms with Crippen LogP contribution >= 0.6 is 0 Å². The molecule has 0 radical (unpaired) electrons. The average Bonchev–Trinajstić information content (AvgIpc) is 2.74. The van der Waals surface area contributed by atoms with E-state index in [1.807, 2.05) is 0 Å². The van der Waals surface area contributed by atoms with Gasteiger partial charge in [-0.25, -0.2) is 0 Å². The molecule has 2 aliphatic rings. The molecule has 1 aliphatic carbocycles. The summed E-state index contributed by atoms with van der Waals surface area (Å²) >= 11 is 0. The molecule has 2 N–H and O–H groups in total. The molecule has 2 unspecified atom stereocenters. The lowest BCUT2D eigenvalue weighted by Gasteiger charge is -2.23. The lowest BCUT2D eigenvalue weighted by atomic mass is 9.89. The van der Waals surface area contributed by atoms with Crippen molar-refractivity contribution in [2.24, 2.45) is 17.8 Å². The third kappa shape index (κ3) is 2.97. The highest BCUT2D eigenvalue weighted by Crippen LogP contribution is 2.23. The van der Waals surface area contributed by atoms with Crippen LogP contribution in [0.1, 0.15) is 39.0 Å². The zero-order chi connectivity index (χ0) is 11.4. The molecule has 16 heavy (non-hydrogen) atoms. The molecule has 3 nitrogen and oxygen atoms in total. The molecule has 1 heterocycles. The SMILES string of the molecule is CC1CNCC1C(=O)NCC1CCCCC1. The van der Waals surface area contributed by atoms with Gasteiger partial charge >= 0.3 is 0 Å². The molecule has 1 aliphatic heterocycles. The molecule has 2 rings (SSSR count). The van der Waals surface area contributed by atoms with Crippen LogP contribution < -0.4 is 10.6 Å². The zero-order valence-corrected chi connectivity index (χ0v) is 10.3. The van der Waals surface area contributed by atoms with Crippen molar-refractivity contribution in [3.05, 3.63) is 0 Å². The van der Waals surface area contributed by atoms with Crippen molar-refractivity contribution < 1.29 is 4.79 Å². The lowest BCUT2D eigenvalue weighted by Crippen LogP contribution is -2.37. The molecule has 1 saturated heterocycles. The molecule has 3 heteroatoms. The molecule has 1 amide bonds. The Morgan fingerprint density at radius 3 is 2.62 bits per heavy atom. The van der Waals surface area contributed by atoms with Crippen molar-refractivity contribution in [3.63, 3.8) is 0 Å². The van der Waals surface area contributed by atoms with E-state index in [0.29, 0.717) is 5.92 Å². The normalized spacial score (nSPS) is 31.6. The predicted octanol–water partition coefficient (Wildman–Crippen LogP) is 1.54. The molecule has 0 aromatic rings. The molecule has 0 spiro atoms. The van der Waals surface area contributed by atoms with Crippen LogP contribution in [0.15, 0.2) is 0 Å². The van der Waals surface area contributed by atoms with Gasteiger partial charge in [-0.15, -0.1) is 0 Å². The summed E-state index contributed by atoms with van der Waals surface area (Å²) in [5.74, 6) is 1.69. The van der Waals surface area contributed by atoms with Crippen molar-refractivity contribution in [2.75, 3.05) is 19.6 Å². The van der Waals surface area contributed by atoms with Crippen LogP contribution in [-0.2, 0) is 4.79 Å². The van der Waals surface area contributed by atoms with Gasteiger partial charge in [-0.3, -0.25) is 4.79 Å². The van der Waals surface area contributed by atoms with E-state index < -0.39 is 0 Å². The van der Waals surface area contributed by atoms with E-state index in [-0.39, 0.29) is 11.8 Å². The van der Waals surface area contributed by atoms with E-state index in [1.165, 1.54) is 32.1 Å². The summed E-state index contributed by atoms with van der Waals surface area (Å²) in [6.45, 7) is 4.91. The Labute approximate surface area is 98.4 Å². The van der Waals surface area contributed by atoms with E-state index in [9.17, 15) is 4.79 Å². The smallest absolute Gasteiger partial charge is 0.224 e. The summed E-state index contributed by atoms with van der Waals surface area (Å²) in [5.41, 5.74) is 0. The van der Waals surface area contributed by atoms with Crippen LogP contribution in [0.5, 0.6) is 0 Å². The number of nitrogens with one attached hydrogen (secondary N) is 2. The summed E-state index contributed by atoms with van der Waals surface area (Å²) < 4.78 is 0. The fourth-order valence-electron chi connectivity index (χ4n) is 2.93. The largest absolute Gasteiger partial charge is 0.356 e. The van der Waals surface area contributed by atoms with E-state index in [4.69, 9.17) is 0 Å². The van der Waals surface area contributed by atoms with Gasteiger partial charge in [0.15, 0.2) is 0 Å². The Balaban J connectivity index is 1.70. The highest BCUT2D eigenvalue weighted by Gasteiger charge is 2.29. The van der Waals surface area contributed by atoms with Crippen molar-refractivity contribution in [1.29, 1.82) is 0 Å². The van der Waals surface area contributed by atoms with Crippen LogP contribution in [0.4, 0.5) is 0 Å². The Morgan fingerprint density at radius 1 is 1.25 bits per heavy atom.